The Kier molecular flexibility index (Phi) is 4.86. The molecule has 0 N–H and O–H groups in total. The second kappa shape index (κ2) is 6.68. The number of aromatic nitrogens is 2. The highest BCUT2D eigenvalue weighted by Crippen LogP contribution is 2.29. The van der Waals surface area contributed by atoms with Gasteiger partial charge < -0.3 is 9.64 Å². The fraction of sp³-hybridized carbons (Fsp3) is 0.526. The van der Waals surface area contributed by atoms with Gasteiger partial charge in [-0.1, -0.05) is 0 Å². The number of rotatable bonds is 1. The van der Waals surface area contributed by atoms with Crippen LogP contribution in [-0.2, 0) is 11.8 Å². The van der Waals surface area contributed by atoms with E-state index in [0.29, 0.717) is 29.8 Å². The first-order valence-corrected chi connectivity index (χ1v) is 9.51. The lowest BCUT2D eigenvalue weighted by molar-refractivity contribution is 0.0292. The molecule has 1 aromatic carbocycles. The number of fused-ring (bicyclic) bond motifs is 1. The third-order valence-corrected chi connectivity index (χ3v) is 5.12. The molecule has 1 unspecified atom stereocenters. The molecule has 0 radical (unpaired) electrons. The van der Waals surface area contributed by atoms with Crippen molar-refractivity contribution in [1.29, 1.82) is 0 Å². The van der Waals surface area contributed by atoms with Crippen LogP contribution in [0.5, 0.6) is 0 Å². The molecule has 0 saturated carbocycles. The van der Waals surface area contributed by atoms with Crippen molar-refractivity contribution in [2.75, 3.05) is 13.1 Å². The lowest BCUT2D eigenvalue weighted by Crippen LogP contribution is -2.35. The maximum Gasteiger partial charge on any atom is 0.410 e. The van der Waals surface area contributed by atoms with Crippen molar-refractivity contribution >= 4 is 32.9 Å². The molecule has 26 heavy (non-hydrogen) atoms. The molecule has 1 fully saturated rings. The maximum atomic E-state index is 12.8. The van der Waals surface area contributed by atoms with Crippen LogP contribution >= 0.6 is 15.9 Å². The van der Waals surface area contributed by atoms with Gasteiger partial charge in [0.2, 0.25) is 0 Å². The van der Waals surface area contributed by atoms with Gasteiger partial charge >= 0.3 is 6.09 Å². The van der Waals surface area contributed by atoms with Gasteiger partial charge in [0.15, 0.2) is 0 Å². The molecule has 3 rings (SSSR count). The molecule has 1 saturated heterocycles. The van der Waals surface area contributed by atoms with Gasteiger partial charge in [0.05, 0.1) is 10.9 Å². The maximum absolute atomic E-state index is 12.8. The van der Waals surface area contributed by atoms with E-state index in [1.54, 1.807) is 16.5 Å². The first-order chi connectivity index (χ1) is 12.1. The average Bonchev–Trinajstić information content (AvgIpc) is 2.99. The third-order valence-electron chi connectivity index (χ3n) is 4.52. The highest BCUT2D eigenvalue weighted by atomic mass is 79.9. The van der Waals surface area contributed by atoms with Gasteiger partial charge in [0.1, 0.15) is 11.4 Å². The third kappa shape index (κ3) is 3.63. The Bertz CT molecular complexity index is 930. The first-order valence-electron chi connectivity index (χ1n) is 8.71. The van der Waals surface area contributed by atoms with Crippen LogP contribution < -0.4 is 5.56 Å². The summed E-state index contributed by atoms with van der Waals surface area (Å²) in [6, 6.07) is 3.82. The van der Waals surface area contributed by atoms with Crippen LogP contribution in [0, 0.1) is 6.92 Å². The molecule has 2 heterocycles. The van der Waals surface area contributed by atoms with E-state index in [1.165, 1.54) is 0 Å². The van der Waals surface area contributed by atoms with E-state index in [0.717, 1.165) is 16.5 Å². The lowest BCUT2D eigenvalue weighted by atomic mass is 10.1. The molecule has 7 heteroatoms. The zero-order valence-electron chi connectivity index (χ0n) is 15.8. The van der Waals surface area contributed by atoms with Crippen molar-refractivity contribution < 1.29 is 9.53 Å². The zero-order valence-corrected chi connectivity index (χ0v) is 17.4. The second-order valence-electron chi connectivity index (χ2n) is 7.89. The molecule has 2 aromatic rings. The van der Waals surface area contributed by atoms with Crippen molar-refractivity contribution in [3.05, 3.63) is 38.3 Å². The standard InChI is InChI=1S/C19H24BrN3O3/c1-11-8-13-15(14(20)9-11)21-16(22(5)17(13)24)12-6-7-23(10-12)18(25)26-19(2,3)4/h8-9,12H,6-7,10H2,1-5H3. The summed E-state index contributed by atoms with van der Waals surface area (Å²) in [5, 5.41) is 0.602. The molecule has 140 valence electrons. The number of halogens is 1. The molecule has 0 spiro atoms. The lowest BCUT2D eigenvalue weighted by Gasteiger charge is -2.24. The van der Waals surface area contributed by atoms with Gasteiger partial charge in [-0.05, 0) is 67.7 Å². The molecular weight excluding hydrogens is 398 g/mol. The number of benzene rings is 1. The number of aryl methyl sites for hydroxylation is 1. The predicted octanol–water partition coefficient (Wildman–Crippen LogP) is 3.73. The molecule has 0 bridgehead atoms. The smallest absolute Gasteiger partial charge is 0.410 e. The molecule has 1 atom stereocenters. The number of ether oxygens (including phenoxy) is 1. The summed E-state index contributed by atoms with van der Waals surface area (Å²) in [7, 11) is 1.75. The Morgan fingerprint density at radius 1 is 1.35 bits per heavy atom. The highest BCUT2D eigenvalue weighted by Gasteiger charge is 2.32. The number of nitrogens with zero attached hydrogens (tertiary/aromatic N) is 3. The van der Waals surface area contributed by atoms with Crippen molar-refractivity contribution in [2.24, 2.45) is 7.05 Å². The largest absolute Gasteiger partial charge is 0.444 e. The number of carbonyl (C=O) groups is 1. The fourth-order valence-electron chi connectivity index (χ4n) is 3.31. The van der Waals surface area contributed by atoms with E-state index >= 15 is 0 Å². The van der Waals surface area contributed by atoms with Crippen LogP contribution in [0.3, 0.4) is 0 Å². The summed E-state index contributed by atoms with van der Waals surface area (Å²) in [6.07, 6.45) is 0.441. The molecular formula is C19H24BrN3O3. The van der Waals surface area contributed by atoms with Crippen molar-refractivity contribution in [3.8, 4) is 0 Å². The Balaban J connectivity index is 1.93. The van der Waals surface area contributed by atoms with E-state index < -0.39 is 5.60 Å². The van der Waals surface area contributed by atoms with Gasteiger partial charge in [-0.3, -0.25) is 9.36 Å². The van der Waals surface area contributed by atoms with Gasteiger partial charge in [-0.25, -0.2) is 9.78 Å². The van der Waals surface area contributed by atoms with E-state index in [1.807, 2.05) is 39.8 Å². The number of hydrogen-bond acceptors (Lipinski definition) is 4. The van der Waals surface area contributed by atoms with Crippen molar-refractivity contribution in [2.45, 2.75) is 45.6 Å². The van der Waals surface area contributed by atoms with Crippen LogP contribution in [0.4, 0.5) is 4.79 Å². The number of carbonyl (C=O) groups excluding carboxylic acids is 1. The predicted molar refractivity (Wildman–Crippen MR) is 105 cm³/mol. The summed E-state index contributed by atoms with van der Waals surface area (Å²) in [6.45, 7) is 8.62. The Hall–Kier alpha value is -1.89. The summed E-state index contributed by atoms with van der Waals surface area (Å²) < 4.78 is 7.87. The van der Waals surface area contributed by atoms with Crippen LogP contribution in [0.25, 0.3) is 10.9 Å². The fourth-order valence-corrected chi connectivity index (χ4v) is 3.98. The van der Waals surface area contributed by atoms with Crippen LogP contribution in [0.15, 0.2) is 21.4 Å². The topological polar surface area (TPSA) is 64.4 Å². The Morgan fingerprint density at radius 3 is 2.69 bits per heavy atom. The molecule has 1 aliphatic heterocycles. The highest BCUT2D eigenvalue weighted by molar-refractivity contribution is 9.10. The molecule has 1 amide bonds. The molecule has 1 aliphatic rings. The van der Waals surface area contributed by atoms with Gasteiger partial charge in [-0.15, -0.1) is 0 Å². The van der Waals surface area contributed by atoms with Gasteiger partial charge in [0, 0.05) is 30.5 Å². The van der Waals surface area contributed by atoms with E-state index in [2.05, 4.69) is 15.9 Å². The zero-order chi connectivity index (χ0) is 19.2. The summed E-state index contributed by atoms with van der Waals surface area (Å²) in [5.41, 5.74) is 1.09. The quantitative estimate of drug-likeness (QED) is 0.703. The van der Waals surface area contributed by atoms with Gasteiger partial charge in [-0.2, -0.15) is 0 Å². The second-order valence-corrected chi connectivity index (χ2v) is 8.74. The molecule has 1 aromatic heterocycles. The minimum Gasteiger partial charge on any atom is -0.444 e. The Morgan fingerprint density at radius 2 is 2.04 bits per heavy atom. The normalized spacial score (nSPS) is 17.8. The van der Waals surface area contributed by atoms with E-state index in [4.69, 9.17) is 9.72 Å². The first kappa shape index (κ1) is 18.9. The van der Waals surface area contributed by atoms with Crippen molar-refractivity contribution in [1.82, 2.24) is 14.5 Å². The number of likely N-dealkylation sites (tertiary alicyclic amines) is 1. The van der Waals surface area contributed by atoms with Crippen LogP contribution in [-0.4, -0.2) is 39.2 Å². The molecule has 0 aliphatic carbocycles. The summed E-state index contributed by atoms with van der Waals surface area (Å²) >= 11 is 3.52. The van der Waals surface area contributed by atoms with Crippen LogP contribution in [0.2, 0.25) is 0 Å². The average molecular weight is 422 g/mol. The minimum atomic E-state index is -0.522. The van der Waals surface area contributed by atoms with Crippen molar-refractivity contribution in [3.63, 3.8) is 0 Å². The van der Waals surface area contributed by atoms with Gasteiger partial charge in [0.25, 0.3) is 5.56 Å². The number of hydrogen-bond donors (Lipinski definition) is 0. The SMILES string of the molecule is Cc1cc(Br)c2nc(C3CCN(C(=O)OC(C)(C)C)C3)n(C)c(=O)c2c1. The minimum absolute atomic E-state index is 0.0119. The van der Waals surface area contributed by atoms with Crippen LogP contribution in [0.1, 0.15) is 44.5 Å². The monoisotopic (exact) mass is 421 g/mol. The van der Waals surface area contributed by atoms with E-state index in [-0.39, 0.29) is 17.6 Å². The summed E-state index contributed by atoms with van der Waals surface area (Å²) in [5.74, 6) is 0.718. The Labute approximate surface area is 161 Å². The van der Waals surface area contributed by atoms with E-state index in [9.17, 15) is 9.59 Å². The molecule has 6 nitrogen and oxygen atoms in total. The number of amides is 1. The summed E-state index contributed by atoms with van der Waals surface area (Å²) in [4.78, 5) is 31.6.